The number of carbonyl (C=O) groups excluding carboxylic acids is 1. The summed E-state index contributed by atoms with van der Waals surface area (Å²) in [5, 5.41) is 12.7. The lowest BCUT2D eigenvalue weighted by Gasteiger charge is -2.19. The largest absolute Gasteiger partial charge is 0.493 e. The number of benzene rings is 1. The van der Waals surface area contributed by atoms with E-state index in [2.05, 4.69) is 5.32 Å². The van der Waals surface area contributed by atoms with Gasteiger partial charge in [0, 0.05) is 37.1 Å². The average molecular weight is 299 g/mol. The number of nitrogens with zero attached hydrogens (tertiary/aromatic N) is 1. The maximum absolute atomic E-state index is 11.9. The number of aliphatic hydroxyl groups excluding tert-OH is 1. The number of halogens is 1. The highest BCUT2D eigenvalue weighted by Crippen LogP contribution is 2.32. The number of hydrogen-bond donors (Lipinski definition) is 2. The number of likely N-dealkylation sites (N-methyl/N-ethyl adjacent to an activating group) is 1. The van der Waals surface area contributed by atoms with Gasteiger partial charge < -0.3 is 20.1 Å². The van der Waals surface area contributed by atoms with Gasteiger partial charge in [-0.25, -0.2) is 4.79 Å². The van der Waals surface area contributed by atoms with Gasteiger partial charge in [0.05, 0.1) is 12.7 Å². The Morgan fingerprint density at radius 3 is 3.05 bits per heavy atom. The predicted molar refractivity (Wildman–Crippen MR) is 77.2 cm³/mol. The lowest BCUT2D eigenvalue weighted by Crippen LogP contribution is -2.40. The number of ether oxygens (including phenoxy) is 1. The maximum Gasteiger partial charge on any atom is 0.317 e. The van der Waals surface area contributed by atoms with Crippen molar-refractivity contribution in [3.8, 4) is 5.75 Å². The van der Waals surface area contributed by atoms with Crippen molar-refractivity contribution in [1.82, 2.24) is 10.2 Å². The van der Waals surface area contributed by atoms with Crippen LogP contribution in [0.3, 0.4) is 0 Å². The summed E-state index contributed by atoms with van der Waals surface area (Å²) in [5.41, 5.74) is 1.96. The Hall–Kier alpha value is -1.46. The van der Waals surface area contributed by atoms with Gasteiger partial charge in [0.2, 0.25) is 0 Å². The number of fused-ring (bicyclic) bond motifs is 1. The molecule has 110 valence electrons. The molecule has 1 aromatic carbocycles. The van der Waals surface area contributed by atoms with Crippen LogP contribution in [0.5, 0.6) is 5.75 Å². The van der Waals surface area contributed by atoms with E-state index in [1.165, 1.54) is 4.90 Å². The van der Waals surface area contributed by atoms with Crippen molar-refractivity contribution >= 4 is 17.6 Å². The van der Waals surface area contributed by atoms with Crippen LogP contribution in [0.2, 0.25) is 5.02 Å². The van der Waals surface area contributed by atoms with E-state index in [0.29, 0.717) is 18.2 Å². The van der Waals surface area contributed by atoms with Gasteiger partial charge in [0.1, 0.15) is 5.75 Å². The van der Waals surface area contributed by atoms with E-state index in [9.17, 15) is 9.90 Å². The molecule has 2 amide bonds. The zero-order valence-electron chi connectivity index (χ0n) is 11.6. The first-order valence-corrected chi connectivity index (χ1v) is 6.96. The van der Waals surface area contributed by atoms with Crippen LogP contribution in [0, 0.1) is 0 Å². The molecule has 1 atom stereocenters. The van der Waals surface area contributed by atoms with Crippen molar-refractivity contribution in [2.75, 3.05) is 20.2 Å². The third kappa shape index (κ3) is 3.55. The molecular weight excluding hydrogens is 280 g/mol. The smallest absolute Gasteiger partial charge is 0.317 e. The van der Waals surface area contributed by atoms with E-state index >= 15 is 0 Å². The SMILES string of the molecule is C[C@H](O)CN(C)C(=O)NCc1cc(Cl)cc2c1OCC2. The van der Waals surface area contributed by atoms with Crippen LogP contribution in [-0.2, 0) is 13.0 Å². The third-order valence-corrected chi connectivity index (χ3v) is 3.36. The zero-order valence-corrected chi connectivity index (χ0v) is 12.4. The molecule has 0 saturated carbocycles. The van der Waals surface area contributed by atoms with Crippen LogP contribution in [-0.4, -0.2) is 42.3 Å². The second-order valence-corrected chi connectivity index (χ2v) is 5.48. The van der Waals surface area contributed by atoms with Crippen molar-refractivity contribution in [1.29, 1.82) is 0 Å². The molecule has 0 aromatic heterocycles. The lowest BCUT2D eigenvalue weighted by atomic mass is 10.1. The molecule has 6 heteroatoms. The molecule has 1 aliphatic rings. The molecular formula is C14H19ClN2O3. The van der Waals surface area contributed by atoms with E-state index in [1.807, 2.05) is 6.07 Å². The maximum atomic E-state index is 11.9. The molecule has 0 bridgehead atoms. The summed E-state index contributed by atoms with van der Waals surface area (Å²) in [6, 6.07) is 3.47. The van der Waals surface area contributed by atoms with Gasteiger partial charge in [-0.2, -0.15) is 0 Å². The second-order valence-electron chi connectivity index (χ2n) is 5.04. The number of urea groups is 1. The Morgan fingerprint density at radius 2 is 2.35 bits per heavy atom. The van der Waals surface area contributed by atoms with E-state index in [0.717, 1.165) is 23.3 Å². The monoisotopic (exact) mass is 298 g/mol. The summed E-state index contributed by atoms with van der Waals surface area (Å²) in [5.74, 6) is 0.827. The standard InChI is InChI=1S/C14H19ClN2O3/c1-9(18)8-17(2)14(19)16-7-11-6-12(15)5-10-3-4-20-13(10)11/h5-6,9,18H,3-4,7-8H2,1-2H3,(H,16,19)/t9-/m0/s1. The van der Waals surface area contributed by atoms with Crippen molar-refractivity contribution in [2.45, 2.75) is 26.0 Å². The Kier molecular flexibility index (Phi) is 4.73. The van der Waals surface area contributed by atoms with Crippen molar-refractivity contribution in [3.63, 3.8) is 0 Å². The fraction of sp³-hybridized carbons (Fsp3) is 0.500. The molecule has 0 aliphatic carbocycles. The minimum atomic E-state index is -0.551. The molecule has 2 rings (SSSR count). The number of hydrogen-bond acceptors (Lipinski definition) is 3. The highest BCUT2D eigenvalue weighted by Gasteiger charge is 2.18. The summed E-state index contributed by atoms with van der Waals surface area (Å²) in [7, 11) is 1.64. The third-order valence-electron chi connectivity index (χ3n) is 3.14. The Morgan fingerprint density at radius 1 is 1.60 bits per heavy atom. The molecule has 1 heterocycles. The molecule has 5 nitrogen and oxygen atoms in total. The van der Waals surface area contributed by atoms with Gasteiger partial charge in [0.15, 0.2) is 0 Å². The highest BCUT2D eigenvalue weighted by atomic mass is 35.5. The van der Waals surface area contributed by atoms with Gasteiger partial charge in [-0.05, 0) is 24.6 Å². The summed E-state index contributed by atoms with van der Waals surface area (Å²) < 4.78 is 5.58. The Labute approximate surface area is 123 Å². The second kappa shape index (κ2) is 6.33. The van der Waals surface area contributed by atoms with Gasteiger partial charge >= 0.3 is 6.03 Å². The highest BCUT2D eigenvalue weighted by molar-refractivity contribution is 6.30. The Balaban J connectivity index is 1.99. The van der Waals surface area contributed by atoms with Crippen molar-refractivity contribution in [2.24, 2.45) is 0 Å². The normalized spacial score (nSPS) is 14.4. The minimum Gasteiger partial charge on any atom is -0.493 e. The zero-order chi connectivity index (χ0) is 14.7. The molecule has 1 aliphatic heterocycles. The number of nitrogens with one attached hydrogen (secondary N) is 1. The lowest BCUT2D eigenvalue weighted by molar-refractivity contribution is 0.143. The Bertz CT molecular complexity index is 505. The molecule has 1 aromatic rings. The van der Waals surface area contributed by atoms with Crippen LogP contribution in [0.1, 0.15) is 18.1 Å². The topological polar surface area (TPSA) is 61.8 Å². The van der Waals surface area contributed by atoms with E-state index in [1.54, 1.807) is 20.0 Å². The molecule has 0 spiro atoms. The fourth-order valence-corrected chi connectivity index (χ4v) is 2.53. The molecule has 0 radical (unpaired) electrons. The molecule has 20 heavy (non-hydrogen) atoms. The average Bonchev–Trinajstić information content (AvgIpc) is 2.82. The number of aliphatic hydroxyl groups is 1. The molecule has 2 N–H and O–H groups in total. The first-order valence-electron chi connectivity index (χ1n) is 6.58. The van der Waals surface area contributed by atoms with Crippen LogP contribution in [0.15, 0.2) is 12.1 Å². The van der Waals surface area contributed by atoms with Crippen LogP contribution >= 0.6 is 11.6 Å². The molecule has 0 saturated heterocycles. The summed E-state index contributed by atoms with van der Waals surface area (Å²) in [6.45, 7) is 2.93. The van der Waals surface area contributed by atoms with Gasteiger partial charge in [0.25, 0.3) is 0 Å². The summed E-state index contributed by atoms with van der Waals surface area (Å²) in [4.78, 5) is 13.3. The molecule has 0 unspecified atom stereocenters. The minimum absolute atomic E-state index is 0.238. The van der Waals surface area contributed by atoms with Gasteiger partial charge in [-0.1, -0.05) is 11.6 Å². The number of rotatable bonds is 4. The predicted octanol–water partition coefficient (Wildman–Crippen LogP) is 1.80. The van der Waals surface area contributed by atoms with E-state index in [-0.39, 0.29) is 12.6 Å². The number of carbonyl (C=O) groups is 1. The summed E-state index contributed by atoms with van der Waals surface area (Å²) in [6.07, 6.45) is 0.295. The van der Waals surface area contributed by atoms with E-state index < -0.39 is 6.10 Å². The van der Waals surface area contributed by atoms with Crippen LogP contribution in [0.4, 0.5) is 4.79 Å². The van der Waals surface area contributed by atoms with Crippen molar-refractivity contribution in [3.05, 3.63) is 28.3 Å². The first-order chi connectivity index (χ1) is 9.47. The van der Waals surface area contributed by atoms with E-state index in [4.69, 9.17) is 16.3 Å². The first kappa shape index (κ1) is 14.9. The van der Waals surface area contributed by atoms with Crippen LogP contribution in [0.25, 0.3) is 0 Å². The van der Waals surface area contributed by atoms with Crippen LogP contribution < -0.4 is 10.1 Å². The fourth-order valence-electron chi connectivity index (χ4n) is 2.26. The summed E-state index contributed by atoms with van der Waals surface area (Å²) >= 11 is 6.06. The van der Waals surface area contributed by atoms with Gasteiger partial charge in [-0.3, -0.25) is 0 Å². The quantitative estimate of drug-likeness (QED) is 0.891. The van der Waals surface area contributed by atoms with Gasteiger partial charge in [-0.15, -0.1) is 0 Å². The number of amides is 2. The van der Waals surface area contributed by atoms with Crippen molar-refractivity contribution < 1.29 is 14.6 Å². The molecule has 0 fully saturated rings.